The van der Waals surface area contributed by atoms with Crippen LogP contribution in [0.1, 0.15) is 64.1 Å². The van der Waals surface area contributed by atoms with Crippen LogP contribution in [0.3, 0.4) is 0 Å². The van der Waals surface area contributed by atoms with Crippen molar-refractivity contribution in [2.24, 2.45) is 0 Å². The minimum atomic E-state index is -0.501. The van der Waals surface area contributed by atoms with Gasteiger partial charge in [-0.2, -0.15) is 0 Å². The quantitative estimate of drug-likeness (QED) is 0.221. The first kappa shape index (κ1) is 25.2. The molecule has 0 fully saturated rings. The van der Waals surface area contributed by atoms with Gasteiger partial charge in [0.1, 0.15) is 5.75 Å². The number of carbonyl (C=O) groups is 1. The minimum absolute atomic E-state index is 0.0571. The third-order valence-electron chi connectivity index (χ3n) is 5.10. The molecule has 0 aliphatic rings. The standard InChI is InChI=1S/C24H29N5O4S/c1-15(2)18-9-11-21(12-10-18)33-17(5)23-26-27-24(28(23)16(3)4)34-14-22(30)25-19-7-6-8-20(13-19)29(31)32/h6-13,15-17H,14H2,1-5H3,(H,25,30). The van der Waals surface area contributed by atoms with E-state index in [9.17, 15) is 14.9 Å². The second-order valence-corrected chi connectivity index (χ2v) is 9.38. The SMILES string of the molecule is CC(C)c1ccc(OC(C)c2nnc(SCC(=O)Nc3cccc([N+](=O)[O-])c3)n2C(C)C)cc1. The molecule has 3 rings (SSSR count). The van der Waals surface area contributed by atoms with Gasteiger partial charge in [-0.25, -0.2) is 0 Å². The van der Waals surface area contributed by atoms with Crippen molar-refractivity contribution in [2.45, 2.75) is 57.8 Å². The van der Waals surface area contributed by atoms with E-state index in [0.29, 0.717) is 22.6 Å². The lowest BCUT2D eigenvalue weighted by molar-refractivity contribution is -0.384. The highest BCUT2D eigenvalue weighted by Gasteiger charge is 2.22. The van der Waals surface area contributed by atoms with Crippen molar-refractivity contribution in [2.75, 3.05) is 11.1 Å². The normalized spacial score (nSPS) is 12.1. The Balaban J connectivity index is 1.66. The largest absolute Gasteiger partial charge is 0.483 e. The van der Waals surface area contributed by atoms with Gasteiger partial charge >= 0.3 is 0 Å². The maximum atomic E-state index is 12.4. The fourth-order valence-corrected chi connectivity index (χ4v) is 4.24. The number of hydrogen-bond donors (Lipinski definition) is 1. The summed E-state index contributed by atoms with van der Waals surface area (Å²) in [7, 11) is 0. The number of nitrogens with zero attached hydrogens (tertiary/aromatic N) is 4. The fraction of sp³-hybridized carbons (Fsp3) is 0.375. The summed E-state index contributed by atoms with van der Waals surface area (Å²) in [6.45, 7) is 10.2. The molecule has 1 atom stereocenters. The predicted octanol–water partition coefficient (Wildman–Crippen LogP) is 5.76. The van der Waals surface area contributed by atoms with Gasteiger partial charge < -0.3 is 14.6 Å². The summed E-state index contributed by atoms with van der Waals surface area (Å²) >= 11 is 1.25. The summed E-state index contributed by atoms with van der Waals surface area (Å²) in [6.07, 6.45) is -0.340. The first-order valence-corrected chi connectivity index (χ1v) is 12.0. The number of amides is 1. The number of thioether (sulfide) groups is 1. The van der Waals surface area contributed by atoms with Crippen LogP contribution >= 0.6 is 11.8 Å². The molecule has 9 nitrogen and oxygen atoms in total. The average Bonchev–Trinajstić information content (AvgIpc) is 3.23. The zero-order chi connectivity index (χ0) is 24.8. The van der Waals surface area contributed by atoms with E-state index in [1.54, 1.807) is 6.07 Å². The predicted molar refractivity (Wildman–Crippen MR) is 132 cm³/mol. The molecule has 1 amide bonds. The van der Waals surface area contributed by atoms with Gasteiger partial charge in [-0.3, -0.25) is 14.9 Å². The Hall–Kier alpha value is -3.40. The molecule has 0 spiro atoms. The van der Waals surface area contributed by atoms with Crippen LogP contribution in [0.4, 0.5) is 11.4 Å². The summed E-state index contributed by atoms with van der Waals surface area (Å²) in [5, 5.41) is 22.8. The van der Waals surface area contributed by atoms with Gasteiger partial charge in [0.05, 0.1) is 10.7 Å². The van der Waals surface area contributed by atoms with Gasteiger partial charge in [0, 0.05) is 23.9 Å². The van der Waals surface area contributed by atoms with Gasteiger partial charge in [-0.1, -0.05) is 43.8 Å². The maximum absolute atomic E-state index is 12.4. The topological polar surface area (TPSA) is 112 Å². The Kier molecular flexibility index (Phi) is 8.27. The Morgan fingerprint density at radius 2 is 1.82 bits per heavy atom. The van der Waals surface area contributed by atoms with Crippen LogP contribution in [0.15, 0.2) is 53.7 Å². The van der Waals surface area contributed by atoms with Crippen LogP contribution in [0.2, 0.25) is 0 Å². The number of non-ortho nitro benzene ring substituents is 1. The number of hydrogen-bond acceptors (Lipinski definition) is 7. The molecule has 1 unspecified atom stereocenters. The van der Waals surface area contributed by atoms with Gasteiger partial charge in [0.25, 0.3) is 5.69 Å². The number of nitrogens with one attached hydrogen (secondary N) is 1. The lowest BCUT2D eigenvalue weighted by Gasteiger charge is -2.19. The van der Waals surface area contributed by atoms with Crippen LogP contribution in [0, 0.1) is 10.1 Å². The molecule has 0 radical (unpaired) electrons. The summed E-state index contributed by atoms with van der Waals surface area (Å²) in [4.78, 5) is 22.8. The molecular formula is C24H29N5O4S. The van der Waals surface area contributed by atoms with E-state index in [1.807, 2.05) is 37.5 Å². The molecule has 2 aromatic carbocycles. The Morgan fingerprint density at radius 3 is 2.44 bits per heavy atom. The number of benzene rings is 2. The van der Waals surface area contributed by atoms with Crippen molar-refractivity contribution in [3.63, 3.8) is 0 Å². The molecule has 10 heteroatoms. The molecular weight excluding hydrogens is 454 g/mol. The Labute approximate surface area is 203 Å². The monoisotopic (exact) mass is 483 g/mol. The number of anilines is 1. The van der Waals surface area contributed by atoms with E-state index in [-0.39, 0.29) is 29.5 Å². The maximum Gasteiger partial charge on any atom is 0.271 e. The molecule has 1 aromatic heterocycles. The van der Waals surface area contributed by atoms with Crippen molar-refractivity contribution < 1.29 is 14.5 Å². The molecule has 0 aliphatic heterocycles. The first-order valence-electron chi connectivity index (χ1n) is 11.0. The van der Waals surface area contributed by atoms with Crippen molar-refractivity contribution in [3.05, 3.63) is 70.0 Å². The minimum Gasteiger partial charge on any atom is -0.483 e. The van der Waals surface area contributed by atoms with E-state index in [2.05, 4.69) is 41.5 Å². The number of ether oxygens (including phenoxy) is 1. The van der Waals surface area contributed by atoms with Crippen LogP contribution < -0.4 is 10.1 Å². The second-order valence-electron chi connectivity index (χ2n) is 8.43. The average molecular weight is 484 g/mol. The van der Waals surface area contributed by atoms with E-state index < -0.39 is 4.92 Å². The number of nitro benzene ring substituents is 1. The van der Waals surface area contributed by atoms with E-state index in [0.717, 1.165) is 5.75 Å². The third-order valence-corrected chi connectivity index (χ3v) is 6.05. The molecule has 3 aromatic rings. The van der Waals surface area contributed by atoms with Crippen LogP contribution in [-0.4, -0.2) is 31.3 Å². The number of carbonyl (C=O) groups excluding carboxylic acids is 1. The van der Waals surface area contributed by atoms with Gasteiger partial charge in [0.15, 0.2) is 17.1 Å². The summed E-state index contributed by atoms with van der Waals surface area (Å²) in [6, 6.07) is 13.9. The van der Waals surface area contributed by atoms with Gasteiger partial charge in [-0.15, -0.1) is 10.2 Å². The highest BCUT2D eigenvalue weighted by molar-refractivity contribution is 7.99. The lowest BCUT2D eigenvalue weighted by atomic mass is 10.0. The molecule has 0 saturated heterocycles. The van der Waals surface area contributed by atoms with Crippen LogP contribution in [-0.2, 0) is 4.79 Å². The smallest absolute Gasteiger partial charge is 0.271 e. The van der Waals surface area contributed by atoms with Gasteiger partial charge in [0.2, 0.25) is 5.91 Å². The zero-order valence-electron chi connectivity index (χ0n) is 19.9. The molecule has 34 heavy (non-hydrogen) atoms. The van der Waals surface area contributed by atoms with Crippen LogP contribution in [0.25, 0.3) is 0 Å². The van der Waals surface area contributed by atoms with E-state index in [1.165, 1.54) is 35.5 Å². The van der Waals surface area contributed by atoms with Crippen molar-refractivity contribution in [3.8, 4) is 5.75 Å². The molecule has 1 heterocycles. The van der Waals surface area contributed by atoms with Crippen molar-refractivity contribution in [1.82, 2.24) is 14.8 Å². The molecule has 0 saturated carbocycles. The lowest BCUT2D eigenvalue weighted by Crippen LogP contribution is -2.16. The second kappa shape index (κ2) is 11.1. The summed E-state index contributed by atoms with van der Waals surface area (Å²) in [5.41, 5.74) is 1.53. The number of rotatable bonds is 10. The van der Waals surface area contributed by atoms with Crippen molar-refractivity contribution in [1.29, 1.82) is 0 Å². The van der Waals surface area contributed by atoms with Gasteiger partial charge in [-0.05, 0) is 50.5 Å². The highest BCUT2D eigenvalue weighted by atomic mass is 32.2. The Bertz CT molecular complexity index is 1140. The first-order chi connectivity index (χ1) is 16.2. The number of nitro groups is 1. The molecule has 0 bridgehead atoms. The summed E-state index contributed by atoms with van der Waals surface area (Å²) in [5.74, 6) is 1.66. The van der Waals surface area contributed by atoms with Crippen molar-refractivity contribution >= 4 is 29.0 Å². The van der Waals surface area contributed by atoms with Crippen LogP contribution in [0.5, 0.6) is 5.75 Å². The molecule has 1 N–H and O–H groups in total. The van der Waals surface area contributed by atoms with E-state index in [4.69, 9.17) is 4.74 Å². The highest BCUT2D eigenvalue weighted by Crippen LogP contribution is 2.28. The molecule has 180 valence electrons. The molecule has 0 aliphatic carbocycles. The van der Waals surface area contributed by atoms with E-state index >= 15 is 0 Å². The summed E-state index contributed by atoms with van der Waals surface area (Å²) < 4.78 is 8.06. The fourth-order valence-electron chi connectivity index (χ4n) is 3.36. The Morgan fingerprint density at radius 1 is 1.12 bits per heavy atom. The number of aromatic nitrogens is 3. The zero-order valence-corrected chi connectivity index (χ0v) is 20.7. The third kappa shape index (κ3) is 6.34.